The highest BCUT2D eigenvalue weighted by Crippen LogP contribution is 2.28. The number of hydrogen-bond acceptors (Lipinski definition) is 7. The summed E-state index contributed by atoms with van der Waals surface area (Å²) >= 11 is 3.32. The molecule has 0 aliphatic heterocycles. The second-order valence-corrected chi connectivity index (χ2v) is 7.65. The molecule has 3 aromatic heterocycles. The molecule has 0 amide bonds. The zero-order chi connectivity index (χ0) is 16.5. The highest BCUT2D eigenvalue weighted by atomic mass is 32.1. The molecule has 0 bridgehead atoms. The van der Waals surface area contributed by atoms with Gasteiger partial charge >= 0.3 is 0 Å². The van der Waals surface area contributed by atoms with Gasteiger partial charge in [0, 0.05) is 0 Å². The minimum absolute atomic E-state index is 0.0261. The highest BCUT2D eigenvalue weighted by molar-refractivity contribution is 7.18. The molecule has 4 rings (SSSR count). The van der Waals surface area contributed by atoms with Gasteiger partial charge in [-0.3, -0.25) is 4.90 Å². The number of nitrogens with zero attached hydrogens (tertiary/aromatic N) is 4. The first-order valence-corrected chi connectivity index (χ1v) is 9.32. The lowest BCUT2D eigenvalue weighted by Crippen LogP contribution is -2.22. The van der Waals surface area contributed by atoms with Gasteiger partial charge in [0.25, 0.3) is 5.89 Å². The second-order valence-electron chi connectivity index (χ2n) is 5.59. The molecule has 0 fully saturated rings. The van der Waals surface area contributed by atoms with E-state index in [-0.39, 0.29) is 6.04 Å². The van der Waals surface area contributed by atoms with Crippen molar-refractivity contribution in [1.29, 1.82) is 0 Å². The van der Waals surface area contributed by atoms with E-state index in [9.17, 15) is 0 Å². The summed E-state index contributed by atoms with van der Waals surface area (Å²) in [7, 11) is 2.05. The fraction of sp³-hybridized carbons (Fsp3) is 0.235. The molecule has 0 saturated heterocycles. The molecule has 122 valence electrons. The Morgan fingerprint density at radius 2 is 2.04 bits per heavy atom. The molecule has 0 radical (unpaired) electrons. The van der Waals surface area contributed by atoms with Crippen molar-refractivity contribution in [2.75, 3.05) is 7.05 Å². The fourth-order valence-electron chi connectivity index (χ4n) is 2.43. The lowest BCUT2D eigenvalue weighted by atomic mass is 10.3. The molecule has 1 atom stereocenters. The van der Waals surface area contributed by atoms with E-state index in [1.807, 2.05) is 42.8 Å². The molecule has 0 N–H and O–H groups in total. The summed E-state index contributed by atoms with van der Waals surface area (Å²) in [5, 5.41) is 11.5. The van der Waals surface area contributed by atoms with Gasteiger partial charge in [0.15, 0.2) is 0 Å². The third-order valence-corrected chi connectivity index (χ3v) is 5.79. The Balaban J connectivity index is 1.50. The third kappa shape index (κ3) is 2.98. The van der Waals surface area contributed by atoms with Crippen LogP contribution < -0.4 is 0 Å². The summed E-state index contributed by atoms with van der Waals surface area (Å²) in [5.74, 6) is 1.21. The van der Waals surface area contributed by atoms with Gasteiger partial charge in [-0.1, -0.05) is 18.2 Å². The molecule has 4 aromatic rings. The number of thiazole rings is 1. The number of thiophene rings is 1. The normalized spacial score (nSPS) is 13.0. The van der Waals surface area contributed by atoms with E-state index in [1.54, 1.807) is 22.7 Å². The Bertz CT molecular complexity index is 911. The van der Waals surface area contributed by atoms with Crippen LogP contribution in [0.25, 0.3) is 21.0 Å². The third-order valence-electron chi connectivity index (χ3n) is 3.91. The summed E-state index contributed by atoms with van der Waals surface area (Å²) in [6.45, 7) is 2.82. The SMILES string of the molecule is C[C@H](c1nnc(-c2cccs2)o1)N(C)Cc1nc2ccccc2s1. The van der Waals surface area contributed by atoms with E-state index in [1.165, 1.54) is 4.70 Å². The molecule has 1 aromatic carbocycles. The van der Waals surface area contributed by atoms with Crippen LogP contribution >= 0.6 is 22.7 Å². The van der Waals surface area contributed by atoms with Gasteiger partial charge in [0.05, 0.1) is 27.7 Å². The van der Waals surface area contributed by atoms with Crippen LogP contribution in [0.3, 0.4) is 0 Å². The van der Waals surface area contributed by atoms with Crippen molar-refractivity contribution in [3.63, 3.8) is 0 Å². The molecule has 0 saturated carbocycles. The maximum atomic E-state index is 5.84. The predicted octanol–water partition coefficient (Wildman–Crippen LogP) is 4.60. The Labute approximate surface area is 147 Å². The van der Waals surface area contributed by atoms with Crippen LogP contribution in [-0.4, -0.2) is 27.1 Å². The largest absolute Gasteiger partial charge is 0.418 e. The molecule has 3 heterocycles. The number of hydrogen-bond donors (Lipinski definition) is 0. The van der Waals surface area contributed by atoms with Crippen molar-refractivity contribution in [3.05, 3.63) is 52.7 Å². The molecule has 0 aliphatic rings. The van der Waals surface area contributed by atoms with E-state index in [0.717, 1.165) is 21.9 Å². The van der Waals surface area contributed by atoms with Gasteiger partial charge in [-0.2, -0.15) is 0 Å². The summed E-state index contributed by atoms with van der Waals surface area (Å²) in [6.07, 6.45) is 0. The van der Waals surface area contributed by atoms with Crippen molar-refractivity contribution in [2.24, 2.45) is 0 Å². The molecule has 0 spiro atoms. The minimum Gasteiger partial charge on any atom is -0.418 e. The first-order chi connectivity index (χ1) is 11.7. The average Bonchev–Trinajstić information content (AvgIpc) is 3.32. The monoisotopic (exact) mass is 356 g/mol. The number of rotatable bonds is 5. The molecule has 24 heavy (non-hydrogen) atoms. The number of benzene rings is 1. The molecule has 0 unspecified atom stereocenters. The first kappa shape index (κ1) is 15.4. The van der Waals surface area contributed by atoms with Crippen LogP contribution in [0.5, 0.6) is 0 Å². The number of fused-ring (bicyclic) bond motifs is 1. The summed E-state index contributed by atoms with van der Waals surface area (Å²) in [6, 6.07) is 12.2. The Hall–Kier alpha value is -2.09. The van der Waals surface area contributed by atoms with E-state index >= 15 is 0 Å². The van der Waals surface area contributed by atoms with Crippen molar-refractivity contribution < 1.29 is 4.42 Å². The van der Waals surface area contributed by atoms with Crippen LogP contribution in [0, 0.1) is 0 Å². The van der Waals surface area contributed by atoms with Crippen molar-refractivity contribution >= 4 is 32.9 Å². The lowest BCUT2D eigenvalue weighted by Gasteiger charge is -2.20. The zero-order valence-corrected chi connectivity index (χ0v) is 15.0. The Morgan fingerprint density at radius 1 is 1.17 bits per heavy atom. The van der Waals surface area contributed by atoms with E-state index in [2.05, 4.69) is 33.1 Å². The van der Waals surface area contributed by atoms with Crippen molar-refractivity contribution in [3.8, 4) is 10.8 Å². The zero-order valence-electron chi connectivity index (χ0n) is 13.3. The van der Waals surface area contributed by atoms with Gasteiger partial charge in [0.1, 0.15) is 5.01 Å². The molecule has 5 nitrogen and oxygen atoms in total. The van der Waals surface area contributed by atoms with Crippen molar-refractivity contribution in [2.45, 2.75) is 19.5 Å². The maximum Gasteiger partial charge on any atom is 0.257 e. The maximum absolute atomic E-state index is 5.84. The molecule has 0 aliphatic carbocycles. The van der Waals surface area contributed by atoms with Gasteiger partial charge in [-0.05, 0) is 37.6 Å². The van der Waals surface area contributed by atoms with Crippen LogP contribution in [-0.2, 0) is 6.54 Å². The Kier molecular flexibility index (Phi) is 4.13. The quantitative estimate of drug-likeness (QED) is 0.523. The smallest absolute Gasteiger partial charge is 0.257 e. The van der Waals surface area contributed by atoms with E-state index in [0.29, 0.717) is 11.8 Å². The van der Waals surface area contributed by atoms with Gasteiger partial charge < -0.3 is 4.42 Å². The van der Waals surface area contributed by atoms with Gasteiger partial charge in [-0.15, -0.1) is 32.9 Å². The van der Waals surface area contributed by atoms with Crippen LogP contribution in [0.4, 0.5) is 0 Å². The fourth-order valence-corrected chi connectivity index (χ4v) is 4.10. The summed E-state index contributed by atoms with van der Waals surface area (Å²) in [5.41, 5.74) is 1.05. The van der Waals surface area contributed by atoms with Crippen LogP contribution in [0.1, 0.15) is 23.9 Å². The summed E-state index contributed by atoms with van der Waals surface area (Å²) in [4.78, 5) is 7.85. The molecule has 7 heteroatoms. The lowest BCUT2D eigenvalue weighted by molar-refractivity contribution is 0.218. The number of para-hydroxylation sites is 1. The highest BCUT2D eigenvalue weighted by Gasteiger charge is 2.20. The van der Waals surface area contributed by atoms with E-state index in [4.69, 9.17) is 4.42 Å². The van der Waals surface area contributed by atoms with Crippen molar-refractivity contribution in [1.82, 2.24) is 20.1 Å². The average molecular weight is 356 g/mol. The molecular formula is C17H16N4OS2. The van der Waals surface area contributed by atoms with Crippen LogP contribution in [0.15, 0.2) is 46.2 Å². The van der Waals surface area contributed by atoms with Crippen LogP contribution in [0.2, 0.25) is 0 Å². The summed E-state index contributed by atoms with van der Waals surface area (Å²) < 4.78 is 7.05. The van der Waals surface area contributed by atoms with Gasteiger partial charge in [0.2, 0.25) is 5.89 Å². The minimum atomic E-state index is 0.0261. The second kappa shape index (κ2) is 6.43. The van der Waals surface area contributed by atoms with Gasteiger partial charge in [-0.25, -0.2) is 4.98 Å². The van der Waals surface area contributed by atoms with E-state index < -0.39 is 0 Å². The number of aromatic nitrogens is 3. The predicted molar refractivity (Wildman–Crippen MR) is 97.1 cm³/mol. The molecular weight excluding hydrogens is 340 g/mol. The first-order valence-electron chi connectivity index (χ1n) is 7.62. The Morgan fingerprint density at radius 3 is 2.83 bits per heavy atom. The topological polar surface area (TPSA) is 55.1 Å². The standard InChI is InChI=1S/C17H16N4OS2/c1-11(16-19-20-17(22-16)14-8-5-9-23-14)21(2)10-15-18-12-6-3-4-7-13(12)24-15/h3-9,11H,10H2,1-2H3/t11-/m1/s1.